The Bertz CT molecular complexity index is 758. The van der Waals surface area contributed by atoms with E-state index in [9.17, 15) is 0 Å². The molecule has 3 aromatic rings. The molecule has 2 aromatic carbocycles. The van der Waals surface area contributed by atoms with Gasteiger partial charge in [-0.25, -0.2) is 0 Å². The zero-order valence-corrected chi connectivity index (χ0v) is 13.6. The van der Waals surface area contributed by atoms with Crippen LogP contribution in [0.25, 0.3) is 11.4 Å². The van der Waals surface area contributed by atoms with Gasteiger partial charge in [0.25, 0.3) is 0 Å². The summed E-state index contributed by atoms with van der Waals surface area (Å²) in [6.45, 7) is 2.01. The predicted octanol–water partition coefficient (Wildman–Crippen LogP) is 5.14. The maximum Gasteiger partial charge on any atom is 0.249 e. The van der Waals surface area contributed by atoms with Crippen molar-refractivity contribution in [3.8, 4) is 11.4 Å². The molecule has 0 aliphatic rings. The minimum Gasteiger partial charge on any atom is -0.337 e. The molecule has 0 saturated heterocycles. The minimum atomic E-state index is -0.441. The van der Waals surface area contributed by atoms with E-state index in [0.29, 0.717) is 11.7 Å². The summed E-state index contributed by atoms with van der Waals surface area (Å²) in [4.78, 5) is 4.42. The van der Waals surface area contributed by atoms with E-state index in [1.807, 2.05) is 55.5 Å². The smallest absolute Gasteiger partial charge is 0.249 e. The van der Waals surface area contributed by atoms with Crippen molar-refractivity contribution in [2.45, 2.75) is 12.3 Å². The quantitative estimate of drug-likeness (QED) is 0.605. The van der Waals surface area contributed by atoms with Gasteiger partial charge in [0.15, 0.2) is 0 Å². The predicted molar refractivity (Wildman–Crippen MR) is 86.3 cm³/mol. The fourth-order valence-corrected chi connectivity index (χ4v) is 2.80. The SMILES string of the molecule is Cc1cc(Br)ccc1-c1noc(C(Cl)c2ccccc2)n1. The van der Waals surface area contributed by atoms with Crippen LogP contribution in [0.3, 0.4) is 0 Å². The number of hydrogen-bond donors (Lipinski definition) is 0. The third-order valence-corrected chi connectivity index (χ3v) is 4.11. The van der Waals surface area contributed by atoms with E-state index in [0.717, 1.165) is 21.2 Å². The Balaban J connectivity index is 1.93. The highest BCUT2D eigenvalue weighted by atomic mass is 79.9. The fourth-order valence-electron chi connectivity index (χ4n) is 2.09. The number of halogens is 2. The lowest BCUT2D eigenvalue weighted by molar-refractivity contribution is 0.383. The second kappa shape index (κ2) is 6.00. The van der Waals surface area contributed by atoms with E-state index in [-0.39, 0.29) is 0 Å². The monoisotopic (exact) mass is 362 g/mol. The van der Waals surface area contributed by atoms with Crippen LogP contribution in [0.2, 0.25) is 0 Å². The molecule has 3 rings (SSSR count). The van der Waals surface area contributed by atoms with Crippen LogP contribution in [0.1, 0.15) is 22.4 Å². The van der Waals surface area contributed by atoms with Gasteiger partial charge >= 0.3 is 0 Å². The maximum absolute atomic E-state index is 6.39. The zero-order chi connectivity index (χ0) is 14.8. The van der Waals surface area contributed by atoms with Gasteiger partial charge in [-0.1, -0.05) is 51.4 Å². The second-order valence-corrected chi connectivity index (χ2v) is 6.04. The first-order valence-corrected chi connectivity index (χ1v) is 7.67. The molecule has 5 heteroatoms. The lowest BCUT2D eigenvalue weighted by atomic mass is 10.1. The molecule has 106 valence electrons. The zero-order valence-electron chi connectivity index (χ0n) is 11.3. The molecule has 0 fully saturated rings. The van der Waals surface area contributed by atoms with Crippen LogP contribution in [0.4, 0.5) is 0 Å². The van der Waals surface area contributed by atoms with Gasteiger partial charge in [0.05, 0.1) is 0 Å². The van der Waals surface area contributed by atoms with Crippen molar-refractivity contribution in [3.63, 3.8) is 0 Å². The van der Waals surface area contributed by atoms with Gasteiger partial charge in [-0.05, 0) is 36.2 Å². The van der Waals surface area contributed by atoms with Crippen molar-refractivity contribution in [1.29, 1.82) is 0 Å². The minimum absolute atomic E-state index is 0.403. The first-order valence-electron chi connectivity index (χ1n) is 6.44. The lowest BCUT2D eigenvalue weighted by Gasteiger charge is -2.03. The maximum atomic E-state index is 6.39. The van der Waals surface area contributed by atoms with Crippen molar-refractivity contribution in [3.05, 3.63) is 70.0 Å². The average Bonchev–Trinajstić information content (AvgIpc) is 2.97. The van der Waals surface area contributed by atoms with Gasteiger partial charge in [0.1, 0.15) is 5.38 Å². The van der Waals surface area contributed by atoms with Crippen molar-refractivity contribution in [2.75, 3.05) is 0 Å². The number of nitrogens with zero attached hydrogens (tertiary/aromatic N) is 2. The van der Waals surface area contributed by atoms with E-state index in [1.165, 1.54) is 0 Å². The van der Waals surface area contributed by atoms with Crippen molar-refractivity contribution in [2.24, 2.45) is 0 Å². The summed E-state index contributed by atoms with van der Waals surface area (Å²) in [5.41, 5.74) is 2.94. The molecule has 1 unspecified atom stereocenters. The second-order valence-electron chi connectivity index (χ2n) is 4.69. The molecule has 1 atom stereocenters. The third-order valence-electron chi connectivity index (χ3n) is 3.18. The van der Waals surface area contributed by atoms with Gasteiger partial charge in [0.2, 0.25) is 11.7 Å². The number of alkyl halides is 1. The first kappa shape index (κ1) is 14.3. The van der Waals surface area contributed by atoms with Crippen molar-refractivity contribution in [1.82, 2.24) is 10.1 Å². The Labute approximate surface area is 136 Å². The van der Waals surface area contributed by atoms with Crippen molar-refractivity contribution < 1.29 is 4.52 Å². The molecule has 0 radical (unpaired) electrons. The molecule has 21 heavy (non-hydrogen) atoms. The average molecular weight is 364 g/mol. The van der Waals surface area contributed by atoms with Crippen LogP contribution in [-0.4, -0.2) is 10.1 Å². The number of aryl methyl sites for hydroxylation is 1. The van der Waals surface area contributed by atoms with Crippen LogP contribution < -0.4 is 0 Å². The molecule has 0 N–H and O–H groups in total. The van der Waals surface area contributed by atoms with E-state index in [4.69, 9.17) is 16.1 Å². The number of hydrogen-bond acceptors (Lipinski definition) is 3. The molecule has 0 aliphatic carbocycles. The Morgan fingerprint density at radius 2 is 1.90 bits per heavy atom. The Morgan fingerprint density at radius 3 is 2.62 bits per heavy atom. The van der Waals surface area contributed by atoms with Crippen LogP contribution in [0.5, 0.6) is 0 Å². The summed E-state index contributed by atoms with van der Waals surface area (Å²) in [6, 6.07) is 15.6. The fraction of sp³-hybridized carbons (Fsp3) is 0.125. The van der Waals surface area contributed by atoms with E-state index >= 15 is 0 Å². The Morgan fingerprint density at radius 1 is 1.14 bits per heavy atom. The molecule has 0 bridgehead atoms. The molecule has 0 spiro atoms. The molecule has 0 amide bonds. The molecule has 3 nitrogen and oxygen atoms in total. The van der Waals surface area contributed by atoms with Gasteiger partial charge in [-0.3, -0.25) is 0 Å². The summed E-state index contributed by atoms with van der Waals surface area (Å²) in [7, 11) is 0. The highest BCUT2D eigenvalue weighted by Gasteiger charge is 2.19. The summed E-state index contributed by atoms with van der Waals surface area (Å²) in [6.07, 6.45) is 0. The van der Waals surface area contributed by atoms with Crippen LogP contribution in [0, 0.1) is 6.92 Å². The van der Waals surface area contributed by atoms with Crippen LogP contribution in [0.15, 0.2) is 57.5 Å². The molecule has 1 heterocycles. The highest BCUT2D eigenvalue weighted by Crippen LogP contribution is 2.30. The summed E-state index contributed by atoms with van der Waals surface area (Å²) in [5.74, 6) is 0.955. The highest BCUT2D eigenvalue weighted by molar-refractivity contribution is 9.10. The van der Waals surface area contributed by atoms with Gasteiger partial charge < -0.3 is 4.52 Å². The molecular weight excluding hydrogens is 352 g/mol. The number of benzene rings is 2. The molecule has 0 saturated carbocycles. The van der Waals surface area contributed by atoms with Crippen LogP contribution >= 0.6 is 27.5 Å². The number of rotatable bonds is 3. The van der Waals surface area contributed by atoms with E-state index in [1.54, 1.807) is 0 Å². The largest absolute Gasteiger partial charge is 0.337 e. The number of aromatic nitrogens is 2. The first-order chi connectivity index (χ1) is 10.1. The van der Waals surface area contributed by atoms with E-state index in [2.05, 4.69) is 26.1 Å². The normalized spacial score (nSPS) is 12.3. The Hall–Kier alpha value is -1.65. The van der Waals surface area contributed by atoms with Gasteiger partial charge in [-0.2, -0.15) is 4.98 Å². The summed E-state index contributed by atoms with van der Waals surface area (Å²) >= 11 is 9.84. The third kappa shape index (κ3) is 3.01. The summed E-state index contributed by atoms with van der Waals surface area (Å²) in [5, 5.41) is 3.60. The van der Waals surface area contributed by atoms with Gasteiger partial charge in [-0.15, -0.1) is 11.6 Å². The molecule has 1 aromatic heterocycles. The molecule has 0 aliphatic heterocycles. The topological polar surface area (TPSA) is 38.9 Å². The lowest BCUT2D eigenvalue weighted by Crippen LogP contribution is -1.93. The standard InChI is InChI=1S/C16H12BrClN2O/c1-10-9-12(17)7-8-13(10)15-19-16(21-20-15)14(18)11-5-3-2-4-6-11/h2-9,14H,1H3. The van der Waals surface area contributed by atoms with Gasteiger partial charge in [0, 0.05) is 10.0 Å². The summed E-state index contributed by atoms with van der Waals surface area (Å²) < 4.78 is 6.34. The van der Waals surface area contributed by atoms with Crippen molar-refractivity contribution >= 4 is 27.5 Å². The van der Waals surface area contributed by atoms with E-state index < -0.39 is 5.38 Å². The molecular formula is C16H12BrClN2O. The van der Waals surface area contributed by atoms with Crippen LogP contribution in [-0.2, 0) is 0 Å². The Kier molecular flexibility index (Phi) is 4.08.